The van der Waals surface area contributed by atoms with Crippen LogP contribution in [0.1, 0.15) is 72.1 Å². The van der Waals surface area contributed by atoms with E-state index in [9.17, 15) is 4.79 Å². The zero-order valence-corrected chi connectivity index (χ0v) is 17.2. The molecule has 0 radical (unpaired) electrons. The Morgan fingerprint density at radius 1 is 1.08 bits per heavy atom. The van der Waals surface area contributed by atoms with E-state index in [2.05, 4.69) is 42.7 Å². The summed E-state index contributed by atoms with van der Waals surface area (Å²) >= 11 is 0. The Hall–Kier alpha value is -0.830. The molecule has 0 aromatic heterocycles. The highest BCUT2D eigenvalue weighted by Gasteiger charge is 2.51. The van der Waals surface area contributed by atoms with Crippen molar-refractivity contribution in [3.05, 3.63) is 12.2 Å². The third-order valence-corrected chi connectivity index (χ3v) is 7.53. The number of hydrogen-bond acceptors (Lipinski definition) is 2. The van der Waals surface area contributed by atoms with Crippen molar-refractivity contribution in [1.29, 1.82) is 0 Å². The van der Waals surface area contributed by atoms with Gasteiger partial charge < -0.3 is 9.80 Å². The Morgan fingerprint density at radius 3 is 2.54 bits per heavy atom. The summed E-state index contributed by atoms with van der Waals surface area (Å²) in [6.45, 7) is 11.7. The first-order chi connectivity index (χ1) is 12.3. The van der Waals surface area contributed by atoms with E-state index < -0.39 is 0 Å². The lowest BCUT2D eigenvalue weighted by atomic mass is 9.65. The van der Waals surface area contributed by atoms with Gasteiger partial charge in [-0.15, -0.1) is 0 Å². The van der Waals surface area contributed by atoms with Crippen molar-refractivity contribution in [2.75, 3.05) is 26.2 Å². The molecule has 1 amide bonds. The second-order valence-corrected chi connectivity index (χ2v) is 10.9. The SMILES string of the molecule is CC1(C)C[C@H]2C[C@@](C)(CN2C(=O)C2CCN(C[C@H]3CC=CCC3)CC2)C1. The molecule has 3 atom stereocenters. The summed E-state index contributed by atoms with van der Waals surface area (Å²) in [5, 5.41) is 0. The Labute approximate surface area is 160 Å². The zero-order chi connectivity index (χ0) is 18.4. The van der Waals surface area contributed by atoms with E-state index in [4.69, 9.17) is 0 Å². The number of piperidine rings is 1. The van der Waals surface area contributed by atoms with Gasteiger partial charge in [-0.25, -0.2) is 0 Å². The first kappa shape index (κ1) is 18.5. The maximum Gasteiger partial charge on any atom is 0.226 e. The van der Waals surface area contributed by atoms with E-state index in [1.807, 2.05) is 0 Å². The highest BCUT2D eigenvalue weighted by molar-refractivity contribution is 5.79. The number of carbonyl (C=O) groups is 1. The third-order valence-electron chi connectivity index (χ3n) is 7.53. The van der Waals surface area contributed by atoms with Gasteiger partial charge in [0.25, 0.3) is 0 Å². The molecule has 3 fully saturated rings. The van der Waals surface area contributed by atoms with Crippen molar-refractivity contribution in [2.45, 2.75) is 78.2 Å². The first-order valence-electron chi connectivity index (χ1n) is 11.0. The number of rotatable bonds is 3. The van der Waals surface area contributed by atoms with Crippen molar-refractivity contribution in [3.63, 3.8) is 0 Å². The number of nitrogens with zero attached hydrogens (tertiary/aromatic N) is 2. The van der Waals surface area contributed by atoms with Gasteiger partial charge in [0.2, 0.25) is 5.91 Å². The molecule has 26 heavy (non-hydrogen) atoms. The molecule has 0 N–H and O–H groups in total. The maximum atomic E-state index is 13.3. The Balaban J connectivity index is 1.31. The van der Waals surface area contributed by atoms with Gasteiger partial charge in [-0.05, 0) is 81.2 Å². The van der Waals surface area contributed by atoms with Crippen molar-refractivity contribution in [3.8, 4) is 0 Å². The Bertz CT molecular complexity index is 561. The molecule has 0 spiro atoms. The molecule has 0 aromatic carbocycles. The number of likely N-dealkylation sites (tertiary alicyclic amines) is 2. The van der Waals surface area contributed by atoms with E-state index in [1.165, 1.54) is 45.1 Å². The van der Waals surface area contributed by atoms with Gasteiger partial charge in [0.05, 0.1) is 0 Å². The van der Waals surface area contributed by atoms with Gasteiger partial charge in [0.15, 0.2) is 0 Å². The van der Waals surface area contributed by atoms with Gasteiger partial charge in [-0.2, -0.15) is 0 Å². The van der Waals surface area contributed by atoms with Gasteiger partial charge in [-0.1, -0.05) is 32.9 Å². The molecule has 2 aliphatic heterocycles. The molecular formula is C23H38N2O. The van der Waals surface area contributed by atoms with Crippen molar-refractivity contribution in [2.24, 2.45) is 22.7 Å². The van der Waals surface area contributed by atoms with Crippen molar-refractivity contribution < 1.29 is 4.79 Å². The molecule has 4 aliphatic rings. The van der Waals surface area contributed by atoms with Crippen LogP contribution in [0.5, 0.6) is 0 Å². The summed E-state index contributed by atoms with van der Waals surface area (Å²) in [7, 11) is 0. The van der Waals surface area contributed by atoms with Gasteiger partial charge >= 0.3 is 0 Å². The predicted octanol–water partition coefficient (Wildman–Crippen LogP) is 4.48. The second kappa shape index (κ2) is 6.96. The molecule has 3 heteroatoms. The average molecular weight is 359 g/mol. The van der Waals surface area contributed by atoms with Crippen LogP contribution >= 0.6 is 0 Å². The lowest BCUT2D eigenvalue weighted by Crippen LogP contribution is -2.45. The molecule has 2 heterocycles. The molecule has 0 unspecified atom stereocenters. The number of carbonyl (C=O) groups excluding carboxylic acids is 1. The van der Waals surface area contributed by atoms with Crippen LogP contribution < -0.4 is 0 Å². The van der Waals surface area contributed by atoms with Gasteiger partial charge in [-0.3, -0.25) is 4.79 Å². The Morgan fingerprint density at radius 2 is 1.85 bits per heavy atom. The van der Waals surface area contributed by atoms with Crippen LogP contribution in [0.15, 0.2) is 12.2 Å². The van der Waals surface area contributed by atoms with E-state index in [0.717, 1.165) is 38.4 Å². The van der Waals surface area contributed by atoms with Crippen LogP contribution in [0, 0.1) is 22.7 Å². The van der Waals surface area contributed by atoms with E-state index in [0.29, 0.717) is 22.8 Å². The fourth-order valence-electron chi connectivity index (χ4n) is 6.70. The van der Waals surface area contributed by atoms with Crippen LogP contribution in [0.25, 0.3) is 0 Å². The van der Waals surface area contributed by atoms with Gasteiger partial charge in [0.1, 0.15) is 0 Å². The number of allylic oxidation sites excluding steroid dienone is 2. The van der Waals surface area contributed by atoms with Crippen LogP contribution in [-0.4, -0.2) is 47.9 Å². The van der Waals surface area contributed by atoms with Crippen molar-refractivity contribution >= 4 is 5.91 Å². The minimum atomic E-state index is 0.281. The fourth-order valence-corrected chi connectivity index (χ4v) is 6.70. The summed E-state index contributed by atoms with van der Waals surface area (Å²) in [4.78, 5) is 18.2. The van der Waals surface area contributed by atoms with Gasteiger partial charge in [0, 0.05) is 25.0 Å². The highest BCUT2D eigenvalue weighted by Crippen LogP contribution is 2.52. The van der Waals surface area contributed by atoms with E-state index in [-0.39, 0.29) is 5.92 Å². The highest BCUT2D eigenvalue weighted by atomic mass is 16.2. The van der Waals surface area contributed by atoms with E-state index in [1.54, 1.807) is 0 Å². The molecular weight excluding hydrogens is 320 g/mol. The number of hydrogen-bond donors (Lipinski definition) is 0. The molecule has 2 bridgehead atoms. The zero-order valence-electron chi connectivity index (χ0n) is 17.2. The monoisotopic (exact) mass is 358 g/mol. The Kier molecular flexibility index (Phi) is 4.96. The van der Waals surface area contributed by atoms with Crippen LogP contribution in [-0.2, 0) is 4.79 Å². The lowest BCUT2D eigenvalue weighted by Gasteiger charge is -2.40. The minimum absolute atomic E-state index is 0.281. The quantitative estimate of drug-likeness (QED) is 0.694. The van der Waals surface area contributed by atoms with Crippen LogP contribution in [0.4, 0.5) is 0 Å². The predicted molar refractivity (Wildman–Crippen MR) is 107 cm³/mol. The smallest absolute Gasteiger partial charge is 0.226 e. The fraction of sp³-hybridized carbons (Fsp3) is 0.870. The normalized spacial score (nSPS) is 37.9. The summed E-state index contributed by atoms with van der Waals surface area (Å²) < 4.78 is 0. The molecule has 3 nitrogen and oxygen atoms in total. The summed E-state index contributed by atoms with van der Waals surface area (Å²) in [6, 6.07) is 0.503. The molecule has 2 aliphatic carbocycles. The molecule has 0 aromatic rings. The molecule has 146 valence electrons. The topological polar surface area (TPSA) is 23.6 Å². The standard InChI is InChI=1S/C23H38N2O/c1-22(2)13-20-14-23(3,16-22)17-25(20)21(26)19-9-11-24(12-10-19)15-18-7-5-4-6-8-18/h4-5,18-20H,6-17H2,1-3H3/t18-,20-,23+/m0/s1. The van der Waals surface area contributed by atoms with Crippen LogP contribution in [0.3, 0.4) is 0 Å². The first-order valence-corrected chi connectivity index (χ1v) is 11.0. The van der Waals surface area contributed by atoms with E-state index >= 15 is 0 Å². The average Bonchev–Trinajstić information content (AvgIpc) is 2.85. The minimum Gasteiger partial charge on any atom is -0.339 e. The third kappa shape index (κ3) is 3.88. The number of fused-ring (bicyclic) bond motifs is 2. The van der Waals surface area contributed by atoms with Crippen molar-refractivity contribution in [1.82, 2.24) is 9.80 Å². The second-order valence-electron chi connectivity index (χ2n) is 10.9. The number of amides is 1. The molecule has 4 rings (SSSR count). The lowest BCUT2D eigenvalue weighted by molar-refractivity contribution is -0.138. The molecule has 1 saturated carbocycles. The maximum absolute atomic E-state index is 13.3. The summed E-state index contributed by atoms with van der Waals surface area (Å²) in [5.41, 5.74) is 0.752. The summed E-state index contributed by atoms with van der Waals surface area (Å²) in [5.74, 6) is 1.60. The largest absolute Gasteiger partial charge is 0.339 e. The van der Waals surface area contributed by atoms with Crippen LogP contribution in [0.2, 0.25) is 0 Å². The summed E-state index contributed by atoms with van der Waals surface area (Å²) in [6.07, 6.45) is 14.4. The molecule has 2 saturated heterocycles.